The van der Waals surface area contributed by atoms with Crippen LogP contribution >= 0.6 is 17.2 Å². The third-order valence-corrected chi connectivity index (χ3v) is 15.0. The molecule has 348 valence electrons. The van der Waals surface area contributed by atoms with Crippen molar-refractivity contribution in [3.63, 3.8) is 0 Å². The van der Waals surface area contributed by atoms with Crippen molar-refractivity contribution >= 4 is 29.1 Å². The van der Waals surface area contributed by atoms with Crippen molar-refractivity contribution in [2.24, 2.45) is 5.41 Å². The number of rotatable bonds is 6. The van der Waals surface area contributed by atoms with Crippen molar-refractivity contribution in [1.29, 1.82) is 0 Å². The van der Waals surface area contributed by atoms with Crippen molar-refractivity contribution < 1.29 is 46.2 Å². The van der Waals surface area contributed by atoms with E-state index in [-0.39, 0.29) is 33.6 Å². The van der Waals surface area contributed by atoms with Gasteiger partial charge in [0.1, 0.15) is 34.8 Å². The van der Waals surface area contributed by atoms with Gasteiger partial charge in [0.2, 0.25) is 0 Å². The summed E-state index contributed by atoms with van der Waals surface area (Å²) in [5, 5.41) is 0. The van der Waals surface area contributed by atoms with Crippen molar-refractivity contribution in [2.45, 2.75) is 144 Å². The lowest BCUT2D eigenvalue weighted by atomic mass is 9.77. The molecule has 4 aliphatic heterocycles. The molecule has 4 aliphatic rings. The summed E-state index contributed by atoms with van der Waals surface area (Å²) in [5.41, 5.74) is 10.3. The normalized spacial score (nSPS) is 23.6. The van der Waals surface area contributed by atoms with Crippen LogP contribution in [0.4, 0.5) is 0 Å². The van der Waals surface area contributed by atoms with E-state index >= 15 is 0 Å². The van der Waals surface area contributed by atoms with E-state index in [1.165, 1.54) is 11.1 Å². The van der Waals surface area contributed by atoms with E-state index in [9.17, 15) is 9.59 Å². The van der Waals surface area contributed by atoms with E-state index in [4.69, 9.17) is 36.6 Å². The lowest BCUT2D eigenvalue weighted by molar-refractivity contribution is -0.134. The third kappa shape index (κ3) is 9.26. The van der Waals surface area contributed by atoms with Crippen LogP contribution in [0.5, 0.6) is 23.0 Å². The molecule has 0 radical (unpaired) electrons. The van der Waals surface area contributed by atoms with E-state index in [1.54, 1.807) is 0 Å². The number of ether oxygens (including phenoxy) is 2. The number of benzene rings is 4. The Morgan fingerprint density at radius 2 is 0.785 bits per heavy atom. The Labute approximate surface area is 388 Å². The topological polar surface area (TPSA) is 108 Å². The summed E-state index contributed by atoms with van der Waals surface area (Å²) in [6, 6.07) is 16.7. The minimum atomic E-state index is -1.70. The summed E-state index contributed by atoms with van der Waals surface area (Å²) < 4.78 is 49.8. The summed E-state index contributed by atoms with van der Waals surface area (Å²) in [6.07, 6.45) is 0. The first-order valence-electron chi connectivity index (χ1n) is 22.6. The standard InChI is InChI=1S/C53H66O10P2/c1-29-17-33(41-37-21-35(49(5,6)7)23-39(51(11,12)13)45(37)60-47(41)54)18-30(2)43(29)62-64-56-25-53(26-57-64)27-58-65(59-28-53)63-44-31(3)19-34(20-32(44)4)42-38-22-36(50(8,9)10)24-40(52(14,15)16)46(38)61-48(42)55/h17-24,41-42H,25-28H2,1-16H3. The van der Waals surface area contributed by atoms with Gasteiger partial charge in [0.25, 0.3) is 0 Å². The van der Waals surface area contributed by atoms with Crippen molar-refractivity contribution in [1.82, 2.24) is 0 Å². The SMILES string of the molecule is Cc1cc(C2C(=O)Oc3c2cc(C(C)(C)C)cc3C(C)(C)C)cc(C)c1OP1OCC2(CO1)COP(Oc1c(C)cc(C3C(=O)Oc4c3cc(C(C)(C)C)cc4C(C)(C)C)cc1C)OC2. The molecular formula is C53H66O10P2. The van der Waals surface area contributed by atoms with Gasteiger partial charge in [-0.3, -0.25) is 9.59 Å². The molecule has 4 heterocycles. The number of hydrogen-bond acceptors (Lipinski definition) is 10. The van der Waals surface area contributed by atoms with Gasteiger partial charge in [-0.05, 0) is 93.9 Å². The Balaban J connectivity index is 0.910. The van der Waals surface area contributed by atoms with E-state index in [2.05, 4.69) is 107 Å². The molecule has 2 saturated heterocycles. The first-order chi connectivity index (χ1) is 30.1. The van der Waals surface area contributed by atoms with E-state index in [1.807, 2.05) is 52.0 Å². The van der Waals surface area contributed by atoms with Gasteiger partial charge in [-0.2, -0.15) is 0 Å². The highest BCUT2D eigenvalue weighted by Crippen LogP contribution is 2.56. The molecule has 0 saturated carbocycles. The highest BCUT2D eigenvalue weighted by molar-refractivity contribution is 7.42. The number of hydrogen-bond donors (Lipinski definition) is 0. The average molecular weight is 925 g/mol. The maximum atomic E-state index is 13.6. The molecule has 65 heavy (non-hydrogen) atoms. The van der Waals surface area contributed by atoms with Gasteiger partial charge in [0, 0.05) is 22.3 Å². The third-order valence-electron chi connectivity index (χ3n) is 13.0. The molecule has 12 heteroatoms. The predicted molar refractivity (Wildman–Crippen MR) is 256 cm³/mol. The highest BCUT2D eigenvalue weighted by atomic mass is 31.2. The fraction of sp³-hybridized carbons (Fsp3) is 0.509. The minimum Gasteiger partial charge on any atom is -0.426 e. The molecule has 0 N–H and O–H groups in total. The molecule has 0 aliphatic carbocycles. The molecule has 2 fully saturated rings. The van der Waals surface area contributed by atoms with Crippen LogP contribution in [-0.4, -0.2) is 38.4 Å². The summed E-state index contributed by atoms with van der Waals surface area (Å²) in [5.74, 6) is 1.08. The highest BCUT2D eigenvalue weighted by Gasteiger charge is 2.46. The van der Waals surface area contributed by atoms with E-state index < -0.39 is 34.5 Å². The molecule has 10 nitrogen and oxygen atoms in total. The Hall–Kier alpha value is -3.88. The van der Waals surface area contributed by atoms with Gasteiger partial charge in [-0.15, -0.1) is 0 Å². The molecule has 1 spiro atoms. The van der Waals surface area contributed by atoms with Crippen LogP contribution in [0, 0.1) is 33.1 Å². The summed E-state index contributed by atoms with van der Waals surface area (Å²) in [4.78, 5) is 27.2. The molecule has 4 aromatic rings. The van der Waals surface area contributed by atoms with Crippen LogP contribution in [-0.2, 0) is 49.3 Å². The number of carbonyl (C=O) groups excluding carboxylic acids is 2. The lowest BCUT2D eigenvalue weighted by Gasteiger charge is -2.41. The van der Waals surface area contributed by atoms with Crippen molar-refractivity contribution in [3.8, 4) is 23.0 Å². The zero-order valence-corrected chi connectivity index (χ0v) is 42.9. The molecule has 0 amide bonds. The quantitative estimate of drug-likeness (QED) is 0.105. The Bertz CT molecular complexity index is 2330. The second-order valence-corrected chi connectivity index (χ2v) is 25.1. The molecular weight excluding hydrogens is 859 g/mol. The van der Waals surface area contributed by atoms with Crippen molar-refractivity contribution in [2.75, 3.05) is 26.4 Å². The first-order valence-corrected chi connectivity index (χ1v) is 24.8. The van der Waals surface area contributed by atoms with Crippen LogP contribution in [0.3, 0.4) is 0 Å². The van der Waals surface area contributed by atoms with Gasteiger partial charge in [0.15, 0.2) is 0 Å². The maximum absolute atomic E-state index is 13.6. The van der Waals surface area contributed by atoms with Gasteiger partial charge < -0.3 is 36.6 Å². The fourth-order valence-electron chi connectivity index (χ4n) is 9.07. The predicted octanol–water partition coefficient (Wildman–Crippen LogP) is 13.2. The monoisotopic (exact) mass is 924 g/mol. The molecule has 2 unspecified atom stereocenters. The van der Waals surface area contributed by atoms with Gasteiger partial charge in [-0.1, -0.05) is 132 Å². The molecule has 0 bridgehead atoms. The van der Waals surface area contributed by atoms with Crippen LogP contribution in [0.15, 0.2) is 48.5 Å². The van der Waals surface area contributed by atoms with E-state index in [0.29, 0.717) is 49.4 Å². The smallest absolute Gasteiger partial charge is 0.397 e. The fourth-order valence-corrected chi connectivity index (χ4v) is 11.8. The summed E-state index contributed by atoms with van der Waals surface area (Å²) >= 11 is 0. The number of carbonyl (C=O) groups is 2. The van der Waals surface area contributed by atoms with Gasteiger partial charge >= 0.3 is 29.1 Å². The maximum Gasteiger partial charge on any atom is 0.397 e. The summed E-state index contributed by atoms with van der Waals surface area (Å²) in [6.45, 7) is 35.3. The largest absolute Gasteiger partial charge is 0.426 e. The molecule has 2 atom stereocenters. The number of fused-ring (bicyclic) bond motifs is 2. The Morgan fingerprint density at radius 1 is 0.477 bits per heavy atom. The molecule has 0 aromatic heterocycles. The minimum absolute atomic E-state index is 0.105. The van der Waals surface area contributed by atoms with Crippen LogP contribution in [0.2, 0.25) is 0 Å². The van der Waals surface area contributed by atoms with Crippen LogP contribution < -0.4 is 18.5 Å². The lowest BCUT2D eigenvalue weighted by Crippen LogP contribution is -2.45. The second-order valence-electron chi connectivity index (χ2n) is 22.8. The van der Waals surface area contributed by atoms with E-state index in [0.717, 1.165) is 55.6 Å². The zero-order valence-electron chi connectivity index (χ0n) is 41.1. The second kappa shape index (κ2) is 16.7. The Kier molecular flexibility index (Phi) is 12.2. The van der Waals surface area contributed by atoms with Crippen LogP contribution in [0.1, 0.15) is 162 Å². The van der Waals surface area contributed by atoms with Gasteiger partial charge in [0.05, 0.1) is 31.8 Å². The van der Waals surface area contributed by atoms with Crippen molar-refractivity contribution in [3.05, 3.63) is 115 Å². The van der Waals surface area contributed by atoms with Gasteiger partial charge in [-0.25, -0.2) is 0 Å². The average Bonchev–Trinajstić information content (AvgIpc) is 3.71. The first kappa shape index (κ1) is 47.6. The Morgan fingerprint density at radius 3 is 1.06 bits per heavy atom. The number of esters is 2. The number of aryl methyl sites for hydroxylation is 4. The zero-order chi connectivity index (χ0) is 47.3. The summed E-state index contributed by atoms with van der Waals surface area (Å²) in [7, 11) is -3.40. The molecule has 8 rings (SSSR count). The van der Waals surface area contributed by atoms with Crippen LogP contribution in [0.25, 0.3) is 0 Å². The molecule has 4 aromatic carbocycles.